The number of aliphatic carboxylic acids is 1. The van der Waals surface area contributed by atoms with E-state index in [1.807, 2.05) is 42.3 Å². The first kappa shape index (κ1) is 22.3. The maximum Gasteiger partial charge on any atom is 1.00 e. The van der Waals surface area contributed by atoms with Gasteiger partial charge in [0.2, 0.25) is 0 Å². The molecule has 28 heavy (non-hydrogen) atoms. The van der Waals surface area contributed by atoms with E-state index in [0.717, 1.165) is 27.0 Å². The van der Waals surface area contributed by atoms with Crippen LogP contribution in [0, 0.1) is 11.3 Å². The monoisotopic (exact) mass is 399 g/mol. The van der Waals surface area contributed by atoms with Gasteiger partial charge in [-0.1, -0.05) is 24.3 Å². The Morgan fingerprint density at radius 3 is 2.46 bits per heavy atom. The molecule has 0 aliphatic heterocycles. The second-order valence-electron chi connectivity index (χ2n) is 6.59. The Labute approximate surface area is 190 Å². The molecule has 0 saturated heterocycles. The number of hydrogen-bond donors (Lipinski definition) is 0. The number of aromatic nitrogens is 1. The number of carbonyl (C=O) groups is 1. The van der Waals surface area contributed by atoms with Crippen LogP contribution >= 0.6 is 11.8 Å². The van der Waals surface area contributed by atoms with Gasteiger partial charge < -0.3 is 14.8 Å². The minimum Gasteiger partial charge on any atom is -0.549 e. The molecule has 5 nitrogen and oxygen atoms in total. The van der Waals surface area contributed by atoms with Crippen LogP contribution in [0.2, 0.25) is 0 Å². The predicted molar refractivity (Wildman–Crippen MR) is 106 cm³/mol. The quantitative estimate of drug-likeness (QED) is 0.459. The molecular formula is C21H18N3NaO2S. The summed E-state index contributed by atoms with van der Waals surface area (Å²) in [5.74, 6) is -1.12. The molecule has 3 aromatic rings. The molecule has 2 aromatic carbocycles. The Morgan fingerprint density at radius 2 is 1.82 bits per heavy atom. The number of anilines is 2. The molecule has 7 heteroatoms. The molecule has 136 valence electrons. The van der Waals surface area contributed by atoms with Gasteiger partial charge in [0, 0.05) is 34.6 Å². The summed E-state index contributed by atoms with van der Waals surface area (Å²) in [4.78, 5) is 18.4. The van der Waals surface area contributed by atoms with E-state index in [1.54, 1.807) is 38.4 Å². The molecule has 0 N–H and O–H groups in total. The van der Waals surface area contributed by atoms with Gasteiger partial charge in [-0.3, -0.25) is 4.98 Å². The third kappa shape index (κ3) is 4.34. The Bertz CT molecular complexity index is 1060. The fourth-order valence-corrected chi connectivity index (χ4v) is 3.89. The van der Waals surface area contributed by atoms with E-state index in [4.69, 9.17) is 0 Å². The van der Waals surface area contributed by atoms with E-state index >= 15 is 0 Å². The van der Waals surface area contributed by atoms with Gasteiger partial charge in [-0.15, -0.1) is 11.8 Å². The van der Waals surface area contributed by atoms with Gasteiger partial charge >= 0.3 is 29.6 Å². The molecule has 1 aromatic heterocycles. The van der Waals surface area contributed by atoms with Crippen molar-refractivity contribution in [2.45, 2.75) is 23.5 Å². The first-order chi connectivity index (χ1) is 12.8. The molecule has 0 aliphatic rings. The Morgan fingerprint density at radius 1 is 1.14 bits per heavy atom. The molecular weight excluding hydrogens is 381 g/mol. The van der Waals surface area contributed by atoms with Gasteiger partial charge in [0.1, 0.15) is 0 Å². The number of thioether (sulfide) groups is 1. The van der Waals surface area contributed by atoms with Crippen LogP contribution in [0.1, 0.15) is 19.4 Å². The number of carboxylic acid groups (broad SMARTS) is 1. The van der Waals surface area contributed by atoms with Crippen LogP contribution in [-0.2, 0) is 4.79 Å². The van der Waals surface area contributed by atoms with E-state index in [-0.39, 0.29) is 29.6 Å². The number of hydrogen-bond acceptors (Lipinski definition) is 6. The van der Waals surface area contributed by atoms with Gasteiger partial charge in [0.25, 0.3) is 0 Å². The summed E-state index contributed by atoms with van der Waals surface area (Å²) in [6, 6.07) is 15.4. The topological polar surface area (TPSA) is 80.1 Å². The minimum absolute atomic E-state index is 0. The second kappa shape index (κ2) is 8.97. The van der Waals surface area contributed by atoms with E-state index < -0.39 is 10.7 Å². The van der Waals surface area contributed by atoms with Gasteiger partial charge in [-0.2, -0.15) is 5.26 Å². The van der Waals surface area contributed by atoms with Crippen molar-refractivity contribution in [2.75, 3.05) is 11.9 Å². The third-order valence-corrected chi connectivity index (χ3v) is 5.60. The molecule has 0 spiro atoms. The maximum absolute atomic E-state index is 11.4. The van der Waals surface area contributed by atoms with Crippen LogP contribution in [0.4, 0.5) is 11.4 Å². The van der Waals surface area contributed by atoms with E-state index in [0.29, 0.717) is 5.56 Å². The van der Waals surface area contributed by atoms with Gasteiger partial charge in [-0.25, -0.2) is 0 Å². The van der Waals surface area contributed by atoms with Crippen LogP contribution in [-0.4, -0.2) is 22.7 Å². The fourth-order valence-electron chi connectivity index (χ4n) is 2.83. The molecule has 0 unspecified atom stereocenters. The van der Waals surface area contributed by atoms with Gasteiger partial charge in [-0.05, 0) is 32.0 Å². The average Bonchev–Trinajstić information content (AvgIpc) is 2.66. The number of benzene rings is 2. The largest absolute Gasteiger partial charge is 1.00 e. The van der Waals surface area contributed by atoms with Crippen molar-refractivity contribution >= 4 is 39.9 Å². The Kier molecular flexibility index (Phi) is 7.13. The summed E-state index contributed by atoms with van der Waals surface area (Å²) in [7, 11) is 1.90. The van der Waals surface area contributed by atoms with Crippen LogP contribution in [0.3, 0.4) is 0 Å². The van der Waals surface area contributed by atoms with Gasteiger partial charge in [0.15, 0.2) is 0 Å². The van der Waals surface area contributed by atoms with Crippen molar-refractivity contribution in [2.24, 2.45) is 0 Å². The van der Waals surface area contributed by atoms with Crippen LogP contribution in [0.5, 0.6) is 0 Å². The average molecular weight is 399 g/mol. The predicted octanol–water partition coefficient (Wildman–Crippen LogP) is 0.499. The summed E-state index contributed by atoms with van der Waals surface area (Å²) < 4.78 is -1.08. The molecule has 0 atom stereocenters. The number of pyridine rings is 1. The normalized spacial score (nSPS) is 10.8. The number of rotatable bonds is 5. The number of nitrogens with zero attached hydrogens (tertiary/aromatic N) is 3. The first-order valence-electron chi connectivity index (χ1n) is 8.35. The molecule has 3 rings (SSSR count). The zero-order valence-corrected chi connectivity index (χ0v) is 19.1. The zero-order chi connectivity index (χ0) is 19.6. The second-order valence-corrected chi connectivity index (χ2v) is 8.26. The molecule has 0 amide bonds. The molecule has 0 aliphatic carbocycles. The maximum atomic E-state index is 11.4. The summed E-state index contributed by atoms with van der Waals surface area (Å²) >= 11 is 1.22. The molecule has 0 fully saturated rings. The smallest absolute Gasteiger partial charge is 0.549 e. The number of carboxylic acids is 1. The zero-order valence-electron chi connectivity index (χ0n) is 16.3. The third-order valence-electron chi connectivity index (χ3n) is 4.36. The minimum atomic E-state index is -1.12. The summed E-state index contributed by atoms with van der Waals surface area (Å²) in [5, 5.41) is 22.6. The standard InChI is InChI=1S/C21H19N3O2S.Na/c1-21(2,20(25)26)27-19-10-11-23-13-18(19)24(3)17-9-8-14(12-22)15-6-4-5-7-16(15)17;/h4-11,13H,1-3H3,(H,25,26);/q;+1/p-1. The van der Waals surface area contributed by atoms with Crippen LogP contribution < -0.4 is 39.6 Å². The molecule has 0 saturated carbocycles. The number of nitriles is 1. The SMILES string of the molecule is CN(c1cnccc1SC(C)(C)C(=O)[O-])c1ccc(C#N)c2ccccc12.[Na+]. The van der Waals surface area contributed by atoms with E-state index in [9.17, 15) is 15.2 Å². The number of fused-ring (bicyclic) bond motifs is 1. The molecule has 0 radical (unpaired) electrons. The van der Waals surface area contributed by atoms with Crippen LogP contribution in [0.25, 0.3) is 10.8 Å². The van der Waals surface area contributed by atoms with Gasteiger partial charge in [0.05, 0.1) is 34.2 Å². The fraction of sp³-hybridized carbons (Fsp3) is 0.190. The molecule has 0 bridgehead atoms. The van der Waals surface area contributed by atoms with Crippen molar-refractivity contribution in [1.82, 2.24) is 4.98 Å². The van der Waals surface area contributed by atoms with Crippen LogP contribution in [0.15, 0.2) is 59.8 Å². The summed E-state index contributed by atoms with van der Waals surface area (Å²) in [6.07, 6.45) is 3.35. The van der Waals surface area contributed by atoms with Crippen molar-refractivity contribution in [3.8, 4) is 6.07 Å². The Balaban J connectivity index is 0.00000280. The van der Waals surface area contributed by atoms with Crippen molar-refractivity contribution in [3.05, 3.63) is 60.4 Å². The van der Waals surface area contributed by atoms with Crippen molar-refractivity contribution in [3.63, 3.8) is 0 Å². The molecule has 1 heterocycles. The first-order valence-corrected chi connectivity index (χ1v) is 9.17. The Hall–Kier alpha value is -2.04. The summed E-state index contributed by atoms with van der Waals surface area (Å²) in [5.41, 5.74) is 2.30. The van der Waals surface area contributed by atoms with E-state index in [1.165, 1.54) is 11.8 Å². The summed E-state index contributed by atoms with van der Waals surface area (Å²) in [6.45, 7) is 3.24. The van der Waals surface area contributed by atoms with Crippen molar-refractivity contribution < 1.29 is 39.5 Å². The number of carbonyl (C=O) groups excluding carboxylic acids is 1. The van der Waals surface area contributed by atoms with E-state index in [2.05, 4.69) is 11.1 Å². The van der Waals surface area contributed by atoms with Crippen molar-refractivity contribution in [1.29, 1.82) is 5.26 Å².